The molecule has 0 aromatic heterocycles. The summed E-state index contributed by atoms with van der Waals surface area (Å²) in [5.74, 6) is -3.35. The third kappa shape index (κ3) is 7.32. The molecule has 176 valence electrons. The van der Waals surface area contributed by atoms with Crippen LogP contribution in [0.25, 0.3) is 0 Å². The van der Waals surface area contributed by atoms with Gasteiger partial charge in [0.1, 0.15) is 5.57 Å². The van der Waals surface area contributed by atoms with Crippen LogP contribution in [0, 0.1) is 11.3 Å². The zero-order valence-corrected chi connectivity index (χ0v) is 20.7. The molecule has 3 rings (SSSR count). The van der Waals surface area contributed by atoms with E-state index < -0.39 is 23.6 Å². The maximum atomic E-state index is 12.4. The maximum Gasteiger partial charge on any atom is 0.348 e. The van der Waals surface area contributed by atoms with Crippen LogP contribution in [0.2, 0.25) is 0 Å². The van der Waals surface area contributed by atoms with Gasteiger partial charge >= 0.3 is 11.9 Å². The van der Waals surface area contributed by atoms with Gasteiger partial charge in [-0.3, -0.25) is 0 Å². The topological polar surface area (TPSA) is 76.4 Å². The molecule has 1 heterocycles. The molecule has 0 saturated carbocycles. The van der Waals surface area contributed by atoms with Crippen LogP contribution in [-0.4, -0.2) is 17.7 Å². The van der Waals surface area contributed by atoms with Crippen LogP contribution < -0.4 is 0 Å². The van der Waals surface area contributed by atoms with Crippen LogP contribution in [-0.2, 0) is 19.1 Å². The summed E-state index contributed by atoms with van der Waals surface area (Å²) in [4.78, 5) is 24.9. The Kier molecular flexibility index (Phi) is 11.1. The molecule has 0 amide bonds. The average Bonchev–Trinajstić information content (AvgIpc) is 2.81. The summed E-state index contributed by atoms with van der Waals surface area (Å²) in [6.45, 7) is 12.7. The second-order valence-electron chi connectivity index (χ2n) is 7.57. The van der Waals surface area contributed by atoms with Crippen LogP contribution >= 0.6 is 0 Å². The van der Waals surface area contributed by atoms with Gasteiger partial charge in [0.25, 0.3) is 5.79 Å². The lowest BCUT2D eigenvalue weighted by atomic mass is 9.78. The molecule has 1 saturated heterocycles. The normalized spacial score (nSPS) is 15.8. The van der Waals surface area contributed by atoms with Crippen molar-refractivity contribution < 1.29 is 19.1 Å². The fourth-order valence-corrected chi connectivity index (χ4v) is 3.62. The molecule has 0 radical (unpaired) electrons. The summed E-state index contributed by atoms with van der Waals surface area (Å²) in [6.07, 6.45) is 0.344. The lowest BCUT2D eigenvalue weighted by molar-refractivity contribution is -0.222. The van der Waals surface area contributed by atoms with E-state index in [0.29, 0.717) is 12.0 Å². The number of ether oxygens (including phenoxy) is 2. The Hall–Kier alpha value is -3.39. The average molecular weight is 450 g/mol. The SMILES string of the molecule is CC.CC.CC(CC(c1ccccc1)C(C#N)c1ccccc1)=C1C(=O)OC(C)(C)OC1=O. The van der Waals surface area contributed by atoms with Crippen molar-refractivity contribution in [3.05, 3.63) is 82.9 Å². The second kappa shape index (κ2) is 13.2. The van der Waals surface area contributed by atoms with Gasteiger partial charge in [-0.05, 0) is 24.5 Å². The van der Waals surface area contributed by atoms with Gasteiger partial charge in [0, 0.05) is 19.8 Å². The first-order chi connectivity index (χ1) is 15.8. The zero-order chi connectivity index (χ0) is 25.0. The van der Waals surface area contributed by atoms with Crippen LogP contribution in [0.4, 0.5) is 0 Å². The molecule has 0 bridgehead atoms. The van der Waals surface area contributed by atoms with E-state index in [4.69, 9.17) is 9.47 Å². The van der Waals surface area contributed by atoms with Crippen molar-refractivity contribution in [1.29, 1.82) is 5.26 Å². The third-order valence-electron chi connectivity index (χ3n) is 4.97. The molecule has 0 spiro atoms. The van der Waals surface area contributed by atoms with Gasteiger partial charge in [0.15, 0.2) is 0 Å². The highest BCUT2D eigenvalue weighted by molar-refractivity contribution is 6.16. The van der Waals surface area contributed by atoms with Crippen LogP contribution in [0.1, 0.15) is 77.8 Å². The number of cyclic esters (lactones) is 2. The molecule has 0 aliphatic carbocycles. The molecular formula is C28H35NO4. The standard InChI is InChI=1S/C24H23NO4.2C2H6/c1-16(21-22(26)28-24(2,3)29-23(21)27)14-19(17-10-6-4-7-11-17)20(15-25)18-12-8-5-9-13-18;2*1-2/h4-13,19-20H,14H2,1-3H3;2*1-2H3. The molecule has 0 N–H and O–H groups in total. The van der Waals surface area contributed by atoms with Gasteiger partial charge < -0.3 is 9.47 Å². The summed E-state index contributed by atoms with van der Waals surface area (Å²) in [5.41, 5.74) is 2.30. The molecule has 33 heavy (non-hydrogen) atoms. The molecule has 5 nitrogen and oxygen atoms in total. The molecule has 5 heteroatoms. The number of hydrogen-bond donors (Lipinski definition) is 0. The third-order valence-corrected chi connectivity index (χ3v) is 4.97. The predicted octanol–water partition coefficient (Wildman–Crippen LogP) is 6.67. The van der Waals surface area contributed by atoms with Gasteiger partial charge in [0.05, 0.1) is 12.0 Å². The molecule has 1 aliphatic rings. The Balaban J connectivity index is 0.00000129. The van der Waals surface area contributed by atoms with Crippen LogP contribution in [0.15, 0.2) is 71.8 Å². The Bertz CT molecular complexity index is 950. The fourth-order valence-electron chi connectivity index (χ4n) is 3.62. The highest BCUT2D eigenvalue weighted by Gasteiger charge is 2.40. The Morgan fingerprint density at radius 1 is 0.848 bits per heavy atom. The van der Waals surface area contributed by atoms with E-state index in [-0.39, 0.29) is 11.5 Å². The Morgan fingerprint density at radius 2 is 1.27 bits per heavy atom. The minimum Gasteiger partial charge on any atom is -0.419 e. The number of carbonyl (C=O) groups excluding carboxylic acids is 2. The zero-order valence-electron chi connectivity index (χ0n) is 20.7. The number of rotatable bonds is 5. The van der Waals surface area contributed by atoms with E-state index in [9.17, 15) is 14.9 Å². The van der Waals surface area contributed by atoms with Gasteiger partial charge in [0.2, 0.25) is 0 Å². The lowest BCUT2D eigenvalue weighted by Crippen LogP contribution is -2.42. The summed E-state index contributed by atoms with van der Waals surface area (Å²) in [6, 6.07) is 21.6. The molecule has 2 unspecified atom stereocenters. The van der Waals surface area contributed by atoms with Crippen molar-refractivity contribution in [2.45, 2.75) is 72.5 Å². The Morgan fingerprint density at radius 3 is 1.70 bits per heavy atom. The number of nitrogens with zero attached hydrogens (tertiary/aromatic N) is 1. The largest absolute Gasteiger partial charge is 0.419 e. The number of benzene rings is 2. The monoisotopic (exact) mass is 449 g/mol. The quantitative estimate of drug-likeness (QED) is 0.289. The summed E-state index contributed by atoms with van der Waals surface area (Å²) >= 11 is 0. The summed E-state index contributed by atoms with van der Waals surface area (Å²) in [5, 5.41) is 9.96. The molecule has 2 aromatic carbocycles. The second-order valence-corrected chi connectivity index (χ2v) is 7.57. The van der Waals surface area contributed by atoms with Crippen molar-refractivity contribution in [3.63, 3.8) is 0 Å². The van der Waals surface area contributed by atoms with Gasteiger partial charge in [-0.1, -0.05) is 93.9 Å². The molecule has 1 aliphatic heterocycles. The van der Waals surface area contributed by atoms with E-state index >= 15 is 0 Å². The van der Waals surface area contributed by atoms with E-state index in [1.807, 2.05) is 88.4 Å². The van der Waals surface area contributed by atoms with E-state index in [1.54, 1.807) is 6.92 Å². The van der Waals surface area contributed by atoms with Crippen LogP contribution in [0.3, 0.4) is 0 Å². The van der Waals surface area contributed by atoms with Gasteiger partial charge in [-0.25, -0.2) is 9.59 Å². The highest BCUT2D eigenvalue weighted by Crippen LogP contribution is 2.38. The minimum absolute atomic E-state index is 0.0880. The highest BCUT2D eigenvalue weighted by atomic mass is 16.7. The molecule has 2 atom stereocenters. The van der Waals surface area contributed by atoms with Crippen molar-refractivity contribution in [2.24, 2.45) is 0 Å². The molecule has 2 aromatic rings. The Labute approximate surface area is 198 Å². The summed E-state index contributed by atoms with van der Waals surface area (Å²) < 4.78 is 10.5. The fraction of sp³-hybridized carbons (Fsp3) is 0.393. The number of esters is 2. The first kappa shape index (κ1) is 27.6. The minimum atomic E-state index is -1.28. The predicted molar refractivity (Wildman–Crippen MR) is 130 cm³/mol. The number of carbonyl (C=O) groups is 2. The van der Waals surface area contributed by atoms with E-state index in [0.717, 1.165) is 11.1 Å². The van der Waals surface area contributed by atoms with Crippen molar-refractivity contribution in [3.8, 4) is 6.07 Å². The molecular weight excluding hydrogens is 414 g/mol. The molecule has 1 fully saturated rings. The van der Waals surface area contributed by atoms with Crippen molar-refractivity contribution >= 4 is 11.9 Å². The van der Waals surface area contributed by atoms with Crippen LogP contribution in [0.5, 0.6) is 0 Å². The first-order valence-electron chi connectivity index (χ1n) is 11.5. The number of allylic oxidation sites excluding steroid dienone is 1. The van der Waals surface area contributed by atoms with Gasteiger partial charge in [-0.2, -0.15) is 5.26 Å². The lowest BCUT2D eigenvalue weighted by Gasteiger charge is -2.31. The van der Waals surface area contributed by atoms with Crippen molar-refractivity contribution in [1.82, 2.24) is 0 Å². The smallest absolute Gasteiger partial charge is 0.348 e. The van der Waals surface area contributed by atoms with E-state index in [2.05, 4.69) is 6.07 Å². The number of hydrogen-bond acceptors (Lipinski definition) is 5. The van der Waals surface area contributed by atoms with E-state index in [1.165, 1.54) is 13.8 Å². The number of nitriles is 1. The van der Waals surface area contributed by atoms with Gasteiger partial charge in [-0.15, -0.1) is 0 Å². The first-order valence-corrected chi connectivity index (χ1v) is 11.5. The van der Waals surface area contributed by atoms with Crippen molar-refractivity contribution in [2.75, 3.05) is 0 Å². The maximum absolute atomic E-state index is 12.4. The summed E-state index contributed by atoms with van der Waals surface area (Å²) in [7, 11) is 0.